The monoisotopic (exact) mass is 338 g/mol. The van der Waals surface area contributed by atoms with Gasteiger partial charge in [0.15, 0.2) is 10.8 Å². The highest BCUT2D eigenvalue weighted by molar-refractivity contribution is 8.57. The molecule has 0 spiro atoms. The third-order valence-electron chi connectivity index (χ3n) is 2.04. The van der Waals surface area contributed by atoms with Crippen LogP contribution >= 0.6 is 34.3 Å². The molecule has 0 bridgehead atoms. The minimum atomic E-state index is -4.41. The highest BCUT2D eigenvalue weighted by Gasteiger charge is 2.29. The van der Waals surface area contributed by atoms with E-state index in [0.717, 1.165) is 19.8 Å². The zero-order valence-electron chi connectivity index (χ0n) is 9.91. The summed E-state index contributed by atoms with van der Waals surface area (Å²) < 4.78 is 37.5. The van der Waals surface area contributed by atoms with Crippen LogP contribution in [0.4, 0.5) is 0 Å². The van der Waals surface area contributed by atoms with E-state index < -0.39 is 21.0 Å². The quantitative estimate of drug-likeness (QED) is 0.751. The molecule has 0 fully saturated rings. The Morgan fingerprint density at radius 3 is 2.53 bits per heavy atom. The van der Waals surface area contributed by atoms with Crippen LogP contribution in [0.1, 0.15) is 12.5 Å². The fourth-order valence-electron chi connectivity index (χ4n) is 1.36. The zero-order valence-corrected chi connectivity index (χ0v) is 13.1. The first-order valence-corrected chi connectivity index (χ1v) is 9.53. The van der Waals surface area contributed by atoms with Crippen molar-refractivity contribution in [1.29, 1.82) is 0 Å². The molecule has 0 aromatic heterocycles. The third-order valence-corrected chi connectivity index (χ3v) is 7.58. The molecule has 0 amide bonds. The normalized spacial score (nSPS) is 19.7. The van der Waals surface area contributed by atoms with Gasteiger partial charge in [-0.25, -0.2) is 0 Å². The Morgan fingerprint density at radius 1 is 1.26 bits per heavy atom. The molecular weight excluding hydrogens is 328 g/mol. The lowest BCUT2D eigenvalue weighted by molar-refractivity contribution is -1.91. The predicted molar refractivity (Wildman–Crippen MR) is 73.8 cm³/mol. The molecule has 2 rings (SSSR count). The maximum absolute atomic E-state index is 10.7. The van der Waals surface area contributed by atoms with Crippen molar-refractivity contribution in [1.82, 2.24) is 0 Å². The Hall–Kier alpha value is 0.01000. The predicted octanol–water partition coefficient (Wildman–Crippen LogP) is 0.670. The van der Waals surface area contributed by atoms with Crippen molar-refractivity contribution in [2.45, 2.75) is 6.92 Å². The Balaban J connectivity index is 2.23. The molecule has 1 aliphatic rings. The van der Waals surface area contributed by atoms with Gasteiger partial charge in [-0.2, -0.15) is 14.0 Å². The number of benzene rings is 1. The SMILES string of the molecule is CCSC1=S(O[Cl+3]([O-])([O-])[O-])C=C(c2ccccc2)S1. The van der Waals surface area contributed by atoms with E-state index >= 15 is 0 Å². The number of thioether (sulfide) groups is 2. The van der Waals surface area contributed by atoms with Gasteiger partial charge in [0.05, 0.1) is 10.2 Å². The molecule has 0 saturated heterocycles. The van der Waals surface area contributed by atoms with Crippen molar-refractivity contribution in [2.75, 3.05) is 5.75 Å². The van der Waals surface area contributed by atoms with Gasteiger partial charge in [-0.3, -0.25) is 0 Å². The van der Waals surface area contributed by atoms with Gasteiger partial charge in [-0.1, -0.05) is 49.0 Å². The summed E-state index contributed by atoms with van der Waals surface area (Å²) in [5.41, 5.74) is 0.986. The van der Waals surface area contributed by atoms with Gasteiger partial charge in [0.1, 0.15) is 7.26 Å². The summed E-state index contributed by atoms with van der Waals surface area (Å²) in [4.78, 5) is 0.915. The molecule has 0 saturated carbocycles. The van der Waals surface area contributed by atoms with Crippen molar-refractivity contribution in [3.05, 3.63) is 41.3 Å². The first-order chi connectivity index (χ1) is 8.99. The molecule has 1 unspecified atom stereocenters. The maximum atomic E-state index is 10.7. The molecule has 1 atom stereocenters. The van der Waals surface area contributed by atoms with E-state index in [1.54, 1.807) is 5.41 Å². The number of hydrogen-bond acceptors (Lipinski definition) is 6. The zero-order chi connectivity index (χ0) is 13.9. The molecule has 8 heteroatoms. The van der Waals surface area contributed by atoms with Crippen molar-refractivity contribution < 1.29 is 28.0 Å². The smallest absolute Gasteiger partial charge is 0.154 e. The van der Waals surface area contributed by atoms with Gasteiger partial charge in [0.25, 0.3) is 0 Å². The van der Waals surface area contributed by atoms with Gasteiger partial charge in [-0.05, 0) is 11.3 Å². The molecule has 1 aromatic rings. The number of hydrogen-bond donors (Lipinski definition) is 0. The Morgan fingerprint density at radius 2 is 1.95 bits per heavy atom. The van der Waals surface area contributed by atoms with Crippen LogP contribution < -0.4 is 14.0 Å². The van der Waals surface area contributed by atoms with E-state index in [1.165, 1.54) is 23.5 Å². The molecule has 4 nitrogen and oxygen atoms in total. The molecule has 19 heavy (non-hydrogen) atoms. The first-order valence-electron chi connectivity index (χ1n) is 5.28. The van der Waals surface area contributed by atoms with E-state index in [9.17, 15) is 14.0 Å². The second kappa shape index (κ2) is 6.64. The van der Waals surface area contributed by atoms with Crippen molar-refractivity contribution >= 4 is 42.7 Å². The summed E-state index contributed by atoms with van der Waals surface area (Å²) in [5.74, 6) is 0.793. The number of rotatable bonds is 4. The topological polar surface area (TPSA) is 78.4 Å². The van der Waals surface area contributed by atoms with E-state index in [1.807, 2.05) is 37.3 Å². The third kappa shape index (κ3) is 4.51. The first kappa shape index (κ1) is 15.4. The average Bonchev–Trinajstić information content (AvgIpc) is 2.72. The van der Waals surface area contributed by atoms with Gasteiger partial charge in [-0.15, -0.1) is 11.8 Å². The number of halogens is 1. The molecule has 1 heterocycles. The second-order valence-electron chi connectivity index (χ2n) is 3.37. The van der Waals surface area contributed by atoms with Gasteiger partial charge in [0, 0.05) is 10.3 Å². The molecule has 0 radical (unpaired) electrons. The Labute approximate surface area is 124 Å². The molecule has 0 N–H and O–H groups in total. The largest absolute Gasteiger partial charge is 0.182 e. The summed E-state index contributed by atoms with van der Waals surface area (Å²) in [5, 5.41) is 1.69. The molecule has 1 aromatic carbocycles. The lowest BCUT2D eigenvalue weighted by Crippen LogP contribution is -2.60. The minimum Gasteiger partial charge on any atom is -0.182 e. The van der Waals surface area contributed by atoms with Crippen LogP contribution in [0.5, 0.6) is 0 Å². The molecular formula is C11H11ClO4S3. The van der Waals surface area contributed by atoms with Crippen LogP contribution in [0.3, 0.4) is 0 Å². The lowest BCUT2D eigenvalue weighted by atomic mass is 10.2. The average molecular weight is 339 g/mol. The molecule has 104 valence electrons. The van der Waals surface area contributed by atoms with Crippen LogP contribution in [0.25, 0.3) is 4.91 Å². The second-order valence-corrected chi connectivity index (χ2v) is 8.97. The fraction of sp³-hybridized carbons (Fsp3) is 0.182. The maximum Gasteiger partial charge on any atom is 0.154 e. The van der Waals surface area contributed by atoms with Crippen molar-refractivity contribution in [2.24, 2.45) is 0 Å². The van der Waals surface area contributed by atoms with Crippen LogP contribution in [-0.2, 0) is 3.74 Å². The summed E-state index contributed by atoms with van der Waals surface area (Å²) in [6, 6.07) is 9.59. The summed E-state index contributed by atoms with van der Waals surface area (Å²) >= 11 is 2.95. The van der Waals surface area contributed by atoms with E-state index in [0.29, 0.717) is 0 Å². The van der Waals surface area contributed by atoms with Crippen LogP contribution in [0.15, 0.2) is 35.7 Å². The van der Waals surface area contributed by atoms with Crippen LogP contribution in [-0.4, -0.2) is 9.28 Å². The van der Waals surface area contributed by atoms with Crippen molar-refractivity contribution in [3.63, 3.8) is 0 Å². The summed E-state index contributed by atoms with van der Waals surface area (Å²) in [6.45, 7) is 1.96. The summed E-state index contributed by atoms with van der Waals surface area (Å²) in [6.07, 6.45) is 0. The lowest BCUT2D eigenvalue weighted by Gasteiger charge is -2.12. The molecule has 1 aliphatic heterocycles. The Bertz CT molecular complexity index is 510. The highest BCUT2D eigenvalue weighted by Crippen LogP contribution is 2.48. The van der Waals surface area contributed by atoms with Crippen LogP contribution in [0.2, 0.25) is 0 Å². The van der Waals surface area contributed by atoms with Gasteiger partial charge >= 0.3 is 0 Å². The standard InChI is InChI=1S/C11H11ClO4S3/c1-2-17-11-18-10(9-6-4-3-5-7-9)8-19(11)16-12(13,14)15/h3-8H,2H2,1H3. The highest BCUT2D eigenvalue weighted by atomic mass is 35.7. The molecule has 0 aliphatic carbocycles. The fourth-order valence-corrected chi connectivity index (χ4v) is 6.95. The van der Waals surface area contributed by atoms with Crippen LogP contribution in [0, 0.1) is 10.2 Å². The van der Waals surface area contributed by atoms with Crippen molar-refractivity contribution in [3.8, 4) is 0 Å². The Kier molecular flexibility index (Phi) is 5.38. The van der Waals surface area contributed by atoms with E-state index in [4.69, 9.17) is 0 Å². The summed E-state index contributed by atoms with van der Waals surface area (Å²) in [7, 11) is -5.51. The van der Waals surface area contributed by atoms with E-state index in [2.05, 4.69) is 3.74 Å². The van der Waals surface area contributed by atoms with E-state index in [-0.39, 0.29) is 0 Å². The van der Waals surface area contributed by atoms with Gasteiger partial charge in [0.2, 0.25) is 0 Å². The minimum absolute atomic E-state index is 0.793. The van der Waals surface area contributed by atoms with Gasteiger partial charge < -0.3 is 0 Å².